The topological polar surface area (TPSA) is 55.2 Å². The Morgan fingerprint density at radius 1 is 1.24 bits per heavy atom. The van der Waals surface area contributed by atoms with E-state index in [0.717, 1.165) is 23.4 Å². The van der Waals surface area contributed by atoms with Gasteiger partial charge in [0.2, 0.25) is 0 Å². The van der Waals surface area contributed by atoms with Crippen LogP contribution in [-0.4, -0.2) is 10.7 Å². The first-order chi connectivity index (χ1) is 10.1. The predicted octanol–water partition coefficient (Wildman–Crippen LogP) is 4.38. The summed E-state index contributed by atoms with van der Waals surface area (Å²) in [6.45, 7) is 0. The number of non-ortho nitro benzene ring substituents is 1. The summed E-state index contributed by atoms with van der Waals surface area (Å²) < 4.78 is 13.8. The molecule has 0 aromatic heterocycles. The molecule has 0 radical (unpaired) electrons. The standard InChI is InChI=1S/C15H13FN2O2S/c16-13-3-1-2-12-14(8-9-21-15(12)13)17-10-4-6-11(7-5-10)18(19)20/h1-7,14,17H,8-9H2. The fraction of sp³-hybridized carbons (Fsp3) is 0.200. The number of nitrogens with one attached hydrogen (secondary N) is 1. The van der Waals surface area contributed by atoms with Crippen molar-refractivity contribution in [1.29, 1.82) is 0 Å². The summed E-state index contributed by atoms with van der Waals surface area (Å²) in [6, 6.07) is 11.4. The average molecular weight is 304 g/mol. The Morgan fingerprint density at radius 2 is 2.00 bits per heavy atom. The Hall–Kier alpha value is -2.08. The van der Waals surface area contributed by atoms with Crippen LogP contribution in [0.3, 0.4) is 0 Å². The maximum absolute atomic E-state index is 13.8. The lowest BCUT2D eigenvalue weighted by atomic mass is 10.0. The van der Waals surface area contributed by atoms with Gasteiger partial charge in [0, 0.05) is 28.5 Å². The van der Waals surface area contributed by atoms with Crippen molar-refractivity contribution in [2.75, 3.05) is 11.1 Å². The molecule has 4 nitrogen and oxygen atoms in total. The molecule has 1 unspecified atom stereocenters. The second kappa shape index (κ2) is 5.73. The van der Waals surface area contributed by atoms with Crippen molar-refractivity contribution in [2.45, 2.75) is 17.4 Å². The highest BCUT2D eigenvalue weighted by atomic mass is 32.2. The van der Waals surface area contributed by atoms with Gasteiger partial charge in [-0.2, -0.15) is 0 Å². The third kappa shape index (κ3) is 2.85. The first kappa shape index (κ1) is 13.9. The summed E-state index contributed by atoms with van der Waals surface area (Å²) >= 11 is 1.53. The Bertz CT molecular complexity index is 676. The van der Waals surface area contributed by atoms with E-state index in [0.29, 0.717) is 4.90 Å². The number of nitro benzene ring substituents is 1. The van der Waals surface area contributed by atoms with Crippen LogP contribution in [-0.2, 0) is 0 Å². The van der Waals surface area contributed by atoms with Crippen LogP contribution in [0.5, 0.6) is 0 Å². The highest BCUT2D eigenvalue weighted by molar-refractivity contribution is 7.99. The minimum absolute atomic E-state index is 0.0263. The molecule has 1 atom stereocenters. The molecule has 0 saturated carbocycles. The molecule has 0 saturated heterocycles. The highest BCUT2D eigenvalue weighted by Crippen LogP contribution is 2.39. The van der Waals surface area contributed by atoms with E-state index in [1.807, 2.05) is 6.07 Å². The molecule has 1 heterocycles. The number of thioether (sulfide) groups is 1. The van der Waals surface area contributed by atoms with Gasteiger partial charge in [-0.25, -0.2) is 4.39 Å². The molecule has 0 fully saturated rings. The summed E-state index contributed by atoms with van der Waals surface area (Å²) in [5.74, 6) is 0.658. The van der Waals surface area contributed by atoms with Crippen LogP contribution in [0, 0.1) is 15.9 Å². The summed E-state index contributed by atoms with van der Waals surface area (Å²) in [7, 11) is 0. The number of hydrogen-bond acceptors (Lipinski definition) is 4. The van der Waals surface area contributed by atoms with Crippen LogP contribution in [0.2, 0.25) is 0 Å². The van der Waals surface area contributed by atoms with Gasteiger partial charge in [-0.3, -0.25) is 10.1 Å². The van der Waals surface area contributed by atoms with Crippen molar-refractivity contribution in [1.82, 2.24) is 0 Å². The van der Waals surface area contributed by atoms with E-state index in [1.54, 1.807) is 18.2 Å². The fourth-order valence-corrected chi connectivity index (χ4v) is 3.56. The van der Waals surface area contributed by atoms with Crippen molar-refractivity contribution in [2.24, 2.45) is 0 Å². The van der Waals surface area contributed by atoms with E-state index < -0.39 is 4.92 Å². The number of nitro groups is 1. The van der Waals surface area contributed by atoms with Crippen LogP contribution in [0.15, 0.2) is 47.4 Å². The van der Waals surface area contributed by atoms with Crippen molar-refractivity contribution in [3.8, 4) is 0 Å². The zero-order valence-electron chi connectivity index (χ0n) is 11.1. The third-order valence-corrected chi connectivity index (χ3v) is 4.60. The van der Waals surface area contributed by atoms with E-state index in [2.05, 4.69) is 5.32 Å². The number of halogens is 1. The second-order valence-electron chi connectivity index (χ2n) is 4.80. The molecule has 21 heavy (non-hydrogen) atoms. The maximum Gasteiger partial charge on any atom is 0.269 e. The number of hydrogen-bond donors (Lipinski definition) is 1. The monoisotopic (exact) mass is 304 g/mol. The summed E-state index contributed by atoms with van der Waals surface area (Å²) in [4.78, 5) is 10.9. The summed E-state index contributed by atoms with van der Waals surface area (Å²) in [5.41, 5.74) is 1.81. The molecule has 2 aromatic rings. The normalized spacial score (nSPS) is 17.1. The predicted molar refractivity (Wildman–Crippen MR) is 81.2 cm³/mol. The Kier molecular flexibility index (Phi) is 3.79. The summed E-state index contributed by atoms with van der Waals surface area (Å²) in [6.07, 6.45) is 0.887. The molecule has 3 rings (SSSR count). The minimum atomic E-state index is -0.425. The van der Waals surface area contributed by atoms with E-state index in [9.17, 15) is 14.5 Å². The van der Waals surface area contributed by atoms with Crippen LogP contribution in [0.25, 0.3) is 0 Å². The van der Waals surface area contributed by atoms with Gasteiger partial charge in [0.1, 0.15) is 5.82 Å². The minimum Gasteiger partial charge on any atom is -0.378 e. The molecule has 2 aromatic carbocycles. The lowest BCUT2D eigenvalue weighted by molar-refractivity contribution is -0.384. The smallest absolute Gasteiger partial charge is 0.269 e. The van der Waals surface area contributed by atoms with Crippen molar-refractivity contribution in [3.63, 3.8) is 0 Å². The van der Waals surface area contributed by atoms with Crippen LogP contribution < -0.4 is 5.32 Å². The highest BCUT2D eigenvalue weighted by Gasteiger charge is 2.23. The molecule has 0 amide bonds. The van der Waals surface area contributed by atoms with Crippen LogP contribution >= 0.6 is 11.8 Å². The summed E-state index contributed by atoms with van der Waals surface area (Å²) in [5, 5.41) is 14.0. The molecule has 0 spiro atoms. The molecular weight excluding hydrogens is 291 g/mol. The van der Waals surface area contributed by atoms with E-state index in [4.69, 9.17) is 0 Å². The van der Waals surface area contributed by atoms with Gasteiger partial charge in [-0.15, -0.1) is 11.8 Å². The number of fused-ring (bicyclic) bond motifs is 1. The van der Waals surface area contributed by atoms with Gasteiger partial charge in [0.25, 0.3) is 5.69 Å². The van der Waals surface area contributed by atoms with E-state index in [-0.39, 0.29) is 17.5 Å². The number of anilines is 1. The molecule has 108 valence electrons. The molecule has 1 N–H and O–H groups in total. The molecule has 0 bridgehead atoms. The van der Waals surface area contributed by atoms with Crippen molar-refractivity contribution < 1.29 is 9.31 Å². The number of nitrogens with zero attached hydrogens (tertiary/aromatic N) is 1. The van der Waals surface area contributed by atoms with Gasteiger partial charge in [-0.05, 0) is 30.2 Å². The average Bonchev–Trinajstić information content (AvgIpc) is 2.49. The van der Waals surface area contributed by atoms with Crippen molar-refractivity contribution in [3.05, 3.63) is 64.0 Å². The molecular formula is C15H13FN2O2S. The number of benzene rings is 2. The third-order valence-electron chi connectivity index (χ3n) is 3.44. The Balaban J connectivity index is 1.83. The lowest BCUT2D eigenvalue weighted by Crippen LogP contribution is -2.16. The molecule has 1 aliphatic rings. The zero-order chi connectivity index (χ0) is 14.8. The molecule has 0 aliphatic carbocycles. The van der Waals surface area contributed by atoms with E-state index in [1.165, 1.54) is 30.0 Å². The lowest BCUT2D eigenvalue weighted by Gasteiger charge is -2.27. The van der Waals surface area contributed by atoms with E-state index >= 15 is 0 Å². The second-order valence-corrected chi connectivity index (χ2v) is 5.90. The van der Waals surface area contributed by atoms with Crippen LogP contribution in [0.4, 0.5) is 15.8 Å². The maximum atomic E-state index is 13.8. The van der Waals surface area contributed by atoms with Gasteiger partial charge < -0.3 is 5.32 Å². The van der Waals surface area contributed by atoms with Crippen LogP contribution in [0.1, 0.15) is 18.0 Å². The zero-order valence-corrected chi connectivity index (χ0v) is 11.9. The fourth-order valence-electron chi connectivity index (χ4n) is 2.42. The molecule has 1 aliphatic heterocycles. The first-order valence-corrected chi connectivity index (χ1v) is 7.56. The largest absolute Gasteiger partial charge is 0.378 e. The SMILES string of the molecule is O=[N+]([O-])c1ccc(NC2CCSc3c(F)cccc32)cc1. The van der Waals surface area contributed by atoms with Crippen molar-refractivity contribution >= 4 is 23.1 Å². The van der Waals surface area contributed by atoms with Gasteiger partial charge in [0.05, 0.1) is 11.0 Å². The molecule has 6 heteroatoms. The van der Waals surface area contributed by atoms with Gasteiger partial charge in [-0.1, -0.05) is 12.1 Å². The Morgan fingerprint density at radius 3 is 2.71 bits per heavy atom. The number of rotatable bonds is 3. The Labute approximate surface area is 125 Å². The quantitative estimate of drug-likeness (QED) is 0.675. The first-order valence-electron chi connectivity index (χ1n) is 6.57. The van der Waals surface area contributed by atoms with Gasteiger partial charge in [0.15, 0.2) is 0 Å². The van der Waals surface area contributed by atoms with Gasteiger partial charge >= 0.3 is 0 Å².